The lowest BCUT2D eigenvalue weighted by atomic mass is 9.72. The Morgan fingerprint density at radius 3 is 1.84 bits per heavy atom. The lowest BCUT2D eigenvalue weighted by Gasteiger charge is -2.34. The number of carbonyl (C=O) groups is 2. The van der Waals surface area contributed by atoms with Crippen molar-refractivity contribution in [3.63, 3.8) is 0 Å². The quantitative estimate of drug-likeness (QED) is 0.555. The summed E-state index contributed by atoms with van der Waals surface area (Å²) in [5, 5.41) is 5.75. The summed E-state index contributed by atoms with van der Waals surface area (Å²) < 4.78 is 5.41. The van der Waals surface area contributed by atoms with E-state index in [0.29, 0.717) is 25.9 Å². The standard InChI is InChI=1S/C20H40N2O3/c1-9-19(5,6)15-20(7,8)13-16(23)21-11-10-12-22-17(24)14-25-18(2,3)4/h9-15H2,1-8H3,(H,21,23)(H,22,24). The highest BCUT2D eigenvalue weighted by Crippen LogP contribution is 2.38. The Morgan fingerprint density at radius 2 is 1.36 bits per heavy atom. The highest BCUT2D eigenvalue weighted by atomic mass is 16.5. The van der Waals surface area contributed by atoms with Crippen LogP contribution in [0.3, 0.4) is 0 Å². The van der Waals surface area contributed by atoms with Gasteiger partial charge >= 0.3 is 0 Å². The van der Waals surface area contributed by atoms with Gasteiger partial charge in [-0.25, -0.2) is 0 Å². The lowest BCUT2D eigenvalue weighted by molar-refractivity contribution is -0.130. The second-order valence-electron chi connectivity index (χ2n) is 9.49. The highest BCUT2D eigenvalue weighted by Gasteiger charge is 2.29. The first kappa shape index (κ1) is 23.9. The lowest BCUT2D eigenvalue weighted by Crippen LogP contribution is -2.35. The van der Waals surface area contributed by atoms with E-state index in [2.05, 4.69) is 45.3 Å². The van der Waals surface area contributed by atoms with Crippen molar-refractivity contribution in [2.24, 2.45) is 10.8 Å². The predicted molar refractivity (Wildman–Crippen MR) is 103 cm³/mol. The average molecular weight is 357 g/mol. The van der Waals surface area contributed by atoms with Crippen LogP contribution in [0.15, 0.2) is 0 Å². The van der Waals surface area contributed by atoms with Crippen LogP contribution in [0.2, 0.25) is 0 Å². The number of rotatable bonds is 11. The zero-order valence-electron chi connectivity index (χ0n) is 17.7. The smallest absolute Gasteiger partial charge is 0.246 e. The van der Waals surface area contributed by atoms with Gasteiger partial charge in [-0.3, -0.25) is 9.59 Å². The van der Waals surface area contributed by atoms with E-state index in [1.165, 1.54) is 0 Å². The van der Waals surface area contributed by atoms with E-state index in [1.54, 1.807) is 0 Å². The maximum Gasteiger partial charge on any atom is 0.246 e. The van der Waals surface area contributed by atoms with Crippen molar-refractivity contribution in [3.05, 3.63) is 0 Å². The molecule has 0 aliphatic rings. The molecule has 148 valence electrons. The van der Waals surface area contributed by atoms with Crippen LogP contribution in [-0.2, 0) is 14.3 Å². The third kappa shape index (κ3) is 13.8. The molecule has 0 unspecified atom stereocenters. The molecule has 25 heavy (non-hydrogen) atoms. The summed E-state index contributed by atoms with van der Waals surface area (Å²) in [6, 6.07) is 0. The first-order valence-electron chi connectivity index (χ1n) is 9.44. The van der Waals surface area contributed by atoms with E-state index in [0.717, 1.165) is 12.8 Å². The Labute approximate surface area is 154 Å². The maximum absolute atomic E-state index is 12.1. The largest absolute Gasteiger partial charge is 0.366 e. The number of nitrogens with one attached hydrogen (secondary N) is 2. The number of ether oxygens (including phenoxy) is 1. The van der Waals surface area contributed by atoms with Gasteiger partial charge in [0.25, 0.3) is 0 Å². The molecule has 0 bridgehead atoms. The molecule has 0 spiro atoms. The molecule has 5 nitrogen and oxygen atoms in total. The van der Waals surface area contributed by atoms with Gasteiger partial charge in [-0.15, -0.1) is 0 Å². The van der Waals surface area contributed by atoms with Crippen molar-refractivity contribution >= 4 is 11.8 Å². The van der Waals surface area contributed by atoms with Crippen LogP contribution in [0.1, 0.15) is 81.1 Å². The first-order chi connectivity index (χ1) is 11.3. The molecule has 0 saturated heterocycles. The van der Waals surface area contributed by atoms with Gasteiger partial charge in [0.05, 0.1) is 5.60 Å². The third-order valence-electron chi connectivity index (χ3n) is 4.19. The molecular weight excluding hydrogens is 316 g/mol. The van der Waals surface area contributed by atoms with Crippen molar-refractivity contribution in [1.29, 1.82) is 0 Å². The highest BCUT2D eigenvalue weighted by molar-refractivity contribution is 5.77. The first-order valence-corrected chi connectivity index (χ1v) is 9.44. The van der Waals surface area contributed by atoms with Crippen LogP contribution in [-0.4, -0.2) is 37.1 Å². The van der Waals surface area contributed by atoms with Crippen LogP contribution < -0.4 is 10.6 Å². The minimum atomic E-state index is -0.315. The van der Waals surface area contributed by atoms with Crippen LogP contribution in [0.4, 0.5) is 0 Å². The van der Waals surface area contributed by atoms with Gasteiger partial charge in [0.2, 0.25) is 11.8 Å². The number of hydrogen-bond donors (Lipinski definition) is 2. The fraction of sp³-hybridized carbons (Fsp3) is 0.900. The van der Waals surface area contributed by atoms with E-state index in [9.17, 15) is 9.59 Å². The Morgan fingerprint density at radius 1 is 0.840 bits per heavy atom. The topological polar surface area (TPSA) is 67.4 Å². The van der Waals surface area contributed by atoms with Crippen molar-refractivity contribution in [1.82, 2.24) is 10.6 Å². The van der Waals surface area contributed by atoms with Gasteiger partial charge in [-0.1, -0.05) is 41.0 Å². The molecule has 0 aliphatic carbocycles. The second-order valence-corrected chi connectivity index (χ2v) is 9.49. The molecule has 0 saturated carbocycles. The SMILES string of the molecule is CCC(C)(C)CC(C)(C)CC(=O)NCCCNC(=O)COC(C)(C)C. The summed E-state index contributed by atoms with van der Waals surface area (Å²) in [6.07, 6.45) is 3.38. The van der Waals surface area contributed by atoms with Gasteiger partial charge in [-0.05, 0) is 44.4 Å². The summed E-state index contributed by atoms with van der Waals surface area (Å²) in [4.78, 5) is 23.7. The van der Waals surface area contributed by atoms with Gasteiger partial charge in [0.1, 0.15) is 6.61 Å². The molecule has 0 heterocycles. The molecule has 0 radical (unpaired) electrons. The predicted octanol–water partition coefficient (Wildman–Crippen LogP) is 3.67. The summed E-state index contributed by atoms with van der Waals surface area (Å²) in [7, 11) is 0. The van der Waals surface area contributed by atoms with Gasteiger partial charge in [0, 0.05) is 19.5 Å². The van der Waals surface area contributed by atoms with E-state index in [1.807, 2.05) is 20.8 Å². The molecule has 0 fully saturated rings. The molecule has 0 rings (SSSR count). The number of carbonyl (C=O) groups excluding carboxylic acids is 2. The molecule has 0 aromatic carbocycles. The number of amides is 2. The van der Waals surface area contributed by atoms with Crippen LogP contribution in [0.25, 0.3) is 0 Å². The van der Waals surface area contributed by atoms with Gasteiger partial charge < -0.3 is 15.4 Å². The summed E-state index contributed by atoms with van der Waals surface area (Å²) in [5.41, 5.74) is -0.0737. The van der Waals surface area contributed by atoms with Crippen LogP contribution >= 0.6 is 0 Å². The van der Waals surface area contributed by atoms with E-state index in [-0.39, 0.29) is 34.9 Å². The molecule has 5 heteroatoms. The molecular formula is C20H40N2O3. The Bertz CT molecular complexity index is 423. The fourth-order valence-corrected chi connectivity index (χ4v) is 2.86. The molecule has 0 atom stereocenters. The van der Waals surface area contributed by atoms with Crippen LogP contribution in [0, 0.1) is 10.8 Å². The minimum Gasteiger partial charge on any atom is -0.366 e. The molecule has 0 aliphatic heterocycles. The molecule has 2 amide bonds. The number of hydrogen-bond acceptors (Lipinski definition) is 3. The van der Waals surface area contributed by atoms with Gasteiger partial charge in [0.15, 0.2) is 0 Å². The van der Waals surface area contributed by atoms with Crippen molar-refractivity contribution in [2.75, 3.05) is 19.7 Å². The zero-order valence-corrected chi connectivity index (χ0v) is 17.7. The Balaban J connectivity index is 3.92. The maximum atomic E-state index is 12.1. The molecule has 0 aromatic heterocycles. The average Bonchev–Trinajstić information content (AvgIpc) is 2.42. The van der Waals surface area contributed by atoms with E-state index in [4.69, 9.17) is 4.74 Å². The minimum absolute atomic E-state index is 0.0118. The summed E-state index contributed by atoms with van der Waals surface area (Å²) in [6.45, 7) is 17.9. The molecule has 0 aromatic rings. The zero-order chi connectivity index (χ0) is 19.7. The van der Waals surface area contributed by atoms with Crippen LogP contribution in [0.5, 0.6) is 0 Å². The van der Waals surface area contributed by atoms with E-state index >= 15 is 0 Å². The third-order valence-corrected chi connectivity index (χ3v) is 4.19. The summed E-state index contributed by atoms with van der Waals surface area (Å²) in [5.74, 6) is -0.0384. The Kier molecular flexibility index (Phi) is 9.70. The summed E-state index contributed by atoms with van der Waals surface area (Å²) >= 11 is 0. The van der Waals surface area contributed by atoms with Gasteiger partial charge in [-0.2, -0.15) is 0 Å². The van der Waals surface area contributed by atoms with Crippen molar-refractivity contribution in [3.8, 4) is 0 Å². The molecule has 2 N–H and O–H groups in total. The Hall–Kier alpha value is -1.10. The van der Waals surface area contributed by atoms with E-state index < -0.39 is 0 Å². The fourth-order valence-electron chi connectivity index (χ4n) is 2.86. The van der Waals surface area contributed by atoms with Crippen molar-refractivity contribution < 1.29 is 14.3 Å². The van der Waals surface area contributed by atoms with Crippen molar-refractivity contribution in [2.45, 2.75) is 86.7 Å². The second kappa shape index (κ2) is 10.1. The monoisotopic (exact) mass is 356 g/mol. The normalized spacial score (nSPS) is 12.8.